The van der Waals surface area contributed by atoms with Crippen LogP contribution in [0.3, 0.4) is 0 Å². The van der Waals surface area contributed by atoms with Crippen molar-refractivity contribution in [2.45, 2.75) is 30.6 Å². The third kappa shape index (κ3) is 2.74. The number of nitrogens with zero attached hydrogens (tertiary/aromatic N) is 1. The zero-order valence-corrected chi connectivity index (χ0v) is 18.6. The monoisotopic (exact) mass is 458 g/mol. The number of phenols is 1. The molecule has 0 saturated carbocycles. The standard InChI is InChI=1S/C23H26N2O8/c1-22(31)9-6-5-7-12(26)13(9)17(27)14-10(22)8-11-16(25(2)3)18(33-4)15(21(24)30)20(29)23(11,32)19(14)28/h5-7,10-11,16,26,28,31-32H,8H2,1-4H3,(H2,24,30)/t10-,11-,16-,22+,23-/m0/s1. The molecule has 0 aromatic heterocycles. The van der Waals surface area contributed by atoms with Gasteiger partial charge in [0.1, 0.15) is 22.8 Å². The van der Waals surface area contributed by atoms with Crippen LogP contribution in [0.4, 0.5) is 0 Å². The van der Waals surface area contributed by atoms with Crippen LogP contribution in [-0.2, 0) is 19.9 Å². The summed E-state index contributed by atoms with van der Waals surface area (Å²) in [5.74, 6) is -6.71. The molecule has 33 heavy (non-hydrogen) atoms. The number of likely N-dealkylation sites (N-methyl/N-ethyl adjacent to an activating group) is 1. The van der Waals surface area contributed by atoms with Gasteiger partial charge in [0, 0.05) is 17.4 Å². The number of phenolic OH excluding ortho intramolecular Hbond substituents is 1. The molecular weight excluding hydrogens is 432 g/mol. The summed E-state index contributed by atoms with van der Waals surface area (Å²) in [5.41, 5.74) is -0.0145. The summed E-state index contributed by atoms with van der Waals surface area (Å²) in [6.07, 6.45) is -0.114. The molecule has 0 bridgehead atoms. The fraction of sp³-hybridized carbons (Fsp3) is 0.435. The van der Waals surface area contributed by atoms with Crippen LogP contribution in [0, 0.1) is 11.8 Å². The lowest BCUT2D eigenvalue weighted by atomic mass is 9.55. The Morgan fingerprint density at radius 2 is 1.85 bits per heavy atom. The number of Topliss-reactive ketones (excluding diaryl/α,β-unsaturated/α-hetero) is 2. The van der Waals surface area contributed by atoms with E-state index in [2.05, 4.69) is 0 Å². The number of aliphatic hydroxyl groups is 3. The number of methoxy groups -OCH3 is 1. The normalized spacial score (nSPS) is 33.6. The fourth-order valence-electron chi connectivity index (χ4n) is 5.70. The average molecular weight is 458 g/mol. The predicted molar refractivity (Wildman–Crippen MR) is 114 cm³/mol. The second-order valence-corrected chi connectivity index (χ2v) is 9.14. The van der Waals surface area contributed by atoms with E-state index in [9.17, 15) is 34.8 Å². The van der Waals surface area contributed by atoms with Gasteiger partial charge in [-0.25, -0.2) is 0 Å². The highest BCUT2D eigenvalue weighted by molar-refractivity contribution is 6.25. The lowest BCUT2D eigenvalue weighted by Crippen LogP contribution is -2.65. The Morgan fingerprint density at radius 1 is 1.21 bits per heavy atom. The first-order valence-corrected chi connectivity index (χ1v) is 10.4. The SMILES string of the molecule is COC1=C(C(N)=O)C(=O)[C@@]2(O)C(O)=C3C(=O)c4c(O)cccc4[C@@](C)(O)[C@H]3C[C@H]2[C@@H]1N(C)C. The molecule has 3 aliphatic carbocycles. The summed E-state index contributed by atoms with van der Waals surface area (Å²) >= 11 is 0. The lowest BCUT2D eigenvalue weighted by Gasteiger charge is -2.53. The van der Waals surface area contributed by atoms with Gasteiger partial charge in [0.2, 0.25) is 5.78 Å². The van der Waals surface area contributed by atoms with Gasteiger partial charge in [0.25, 0.3) is 5.91 Å². The van der Waals surface area contributed by atoms with E-state index < -0.39 is 63.6 Å². The van der Waals surface area contributed by atoms with E-state index in [0.29, 0.717) is 0 Å². The number of hydrogen-bond acceptors (Lipinski definition) is 9. The van der Waals surface area contributed by atoms with Gasteiger partial charge in [-0.05, 0) is 39.1 Å². The number of aromatic hydroxyl groups is 1. The smallest absolute Gasteiger partial charge is 0.255 e. The quantitative estimate of drug-likeness (QED) is 0.387. The van der Waals surface area contributed by atoms with E-state index in [0.717, 1.165) is 0 Å². The number of carbonyl (C=O) groups is 3. The van der Waals surface area contributed by atoms with Gasteiger partial charge < -0.3 is 30.9 Å². The largest absolute Gasteiger partial charge is 0.508 e. The molecular formula is C23H26N2O8. The molecule has 1 aromatic rings. The Labute approximate surface area is 189 Å². The molecule has 176 valence electrons. The number of primary amides is 1. The molecule has 1 amide bonds. The van der Waals surface area contributed by atoms with E-state index in [1.165, 1.54) is 32.2 Å². The van der Waals surface area contributed by atoms with Gasteiger partial charge in [-0.1, -0.05) is 12.1 Å². The summed E-state index contributed by atoms with van der Waals surface area (Å²) in [6, 6.07) is 3.36. The summed E-state index contributed by atoms with van der Waals surface area (Å²) in [5, 5.41) is 44.7. The van der Waals surface area contributed by atoms with Crippen LogP contribution in [0.25, 0.3) is 0 Å². The number of fused-ring (bicyclic) bond motifs is 3. The molecule has 0 radical (unpaired) electrons. The molecule has 4 rings (SSSR count). The van der Waals surface area contributed by atoms with E-state index in [1.807, 2.05) is 0 Å². The van der Waals surface area contributed by atoms with Gasteiger partial charge >= 0.3 is 0 Å². The molecule has 1 aromatic carbocycles. The highest BCUT2D eigenvalue weighted by Crippen LogP contribution is 2.56. The minimum Gasteiger partial charge on any atom is -0.508 e. The molecule has 0 spiro atoms. The van der Waals surface area contributed by atoms with E-state index in [1.54, 1.807) is 19.0 Å². The maximum Gasteiger partial charge on any atom is 0.255 e. The van der Waals surface area contributed by atoms with Crippen LogP contribution in [0.2, 0.25) is 0 Å². The second-order valence-electron chi connectivity index (χ2n) is 9.14. The number of ether oxygens (including phenoxy) is 1. The number of rotatable bonds is 3. The minimum atomic E-state index is -2.67. The second kappa shape index (κ2) is 7.14. The van der Waals surface area contributed by atoms with Gasteiger partial charge in [0.15, 0.2) is 11.4 Å². The van der Waals surface area contributed by atoms with Gasteiger partial charge in [-0.2, -0.15) is 0 Å². The predicted octanol–water partition coefficient (Wildman–Crippen LogP) is -0.126. The number of benzene rings is 1. The zero-order valence-electron chi connectivity index (χ0n) is 18.6. The number of carbonyl (C=O) groups excluding carboxylic acids is 3. The van der Waals surface area contributed by atoms with Crippen molar-refractivity contribution in [1.82, 2.24) is 4.90 Å². The Balaban J connectivity index is 2.06. The molecule has 0 heterocycles. The first kappa shape index (κ1) is 23.0. The molecule has 10 heteroatoms. The Bertz CT molecular complexity index is 1160. The number of ketones is 2. The van der Waals surface area contributed by atoms with E-state index in [4.69, 9.17) is 10.5 Å². The first-order valence-electron chi connectivity index (χ1n) is 10.4. The maximum absolute atomic E-state index is 13.4. The highest BCUT2D eigenvalue weighted by Gasteiger charge is 2.65. The molecule has 6 N–H and O–H groups in total. The molecule has 0 fully saturated rings. The highest BCUT2D eigenvalue weighted by atomic mass is 16.5. The lowest BCUT2D eigenvalue weighted by molar-refractivity contribution is -0.152. The molecule has 5 atom stereocenters. The van der Waals surface area contributed by atoms with Crippen LogP contribution >= 0.6 is 0 Å². The van der Waals surface area contributed by atoms with Crippen molar-refractivity contribution in [2.75, 3.05) is 21.2 Å². The summed E-state index contributed by atoms with van der Waals surface area (Å²) in [7, 11) is 4.52. The van der Waals surface area contributed by atoms with Crippen molar-refractivity contribution < 1.29 is 39.5 Å². The summed E-state index contributed by atoms with van der Waals surface area (Å²) < 4.78 is 5.36. The van der Waals surface area contributed by atoms with Crippen LogP contribution in [0.1, 0.15) is 29.3 Å². The number of nitrogens with two attached hydrogens (primary N) is 1. The fourth-order valence-corrected chi connectivity index (χ4v) is 5.70. The third-order valence-corrected chi connectivity index (χ3v) is 7.22. The average Bonchev–Trinajstić information content (AvgIpc) is 2.73. The van der Waals surface area contributed by atoms with Crippen molar-refractivity contribution in [3.05, 3.63) is 52.0 Å². The van der Waals surface area contributed by atoms with Crippen LogP contribution in [-0.4, -0.2) is 75.6 Å². The van der Waals surface area contributed by atoms with E-state index in [-0.39, 0.29) is 28.9 Å². The van der Waals surface area contributed by atoms with Gasteiger partial charge in [-0.3, -0.25) is 19.3 Å². The maximum atomic E-state index is 13.4. The third-order valence-electron chi connectivity index (χ3n) is 7.22. The molecule has 10 nitrogen and oxygen atoms in total. The molecule has 3 aliphatic rings. The number of hydrogen-bond donors (Lipinski definition) is 5. The van der Waals surface area contributed by atoms with Crippen molar-refractivity contribution in [3.8, 4) is 5.75 Å². The number of aliphatic hydroxyl groups excluding tert-OH is 1. The van der Waals surface area contributed by atoms with Crippen molar-refractivity contribution in [3.63, 3.8) is 0 Å². The Hall–Kier alpha value is -3.21. The van der Waals surface area contributed by atoms with Crippen LogP contribution in [0.5, 0.6) is 5.75 Å². The van der Waals surface area contributed by atoms with E-state index >= 15 is 0 Å². The molecule has 0 unspecified atom stereocenters. The summed E-state index contributed by atoms with van der Waals surface area (Å²) in [4.78, 5) is 40.6. The van der Waals surface area contributed by atoms with Crippen molar-refractivity contribution >= 4 is 17.5 Å². The Kier molecular flexibility index (Phi) is 4.97. The van der Waals surface area contributed by atoms with Crippen LogP contribution < -0.4 is 5.73 Å². The topological polar surface area (TPSA) is 171 Å². The minimum absolute atomic E-state index is 0.0664. The Morgan fingerprint density at radius 3 is 2.39 bits per heavy atom. The number of amides is 1. The van der Waals surface area contributed by atoms with Crippen LogP contribution in [0.15, 0.2) is 40.9 Å². The molecule has 0 saturated heterocycles. The van der Waals surface area contributed by atoms with Gasteiger partial charge in [0.05, 0.1) is 24.3 Å². The zero-order chi connectivity index (χ0) is 24.6. The molecule has 0 aliphatic heterocycles. The van der Waals surface area contributed by atoms with Gasteiger partial charge in [-0.15, -0.1) is 0 Å². The first-order chi connectivity index (χ1) is 15.3. The van der Waals surface area contributed by atoms with Crippen molar-refractivity contribution in [1.29, 1.82) is 0 Å². The summed E-state index contributed by atoms with van der Waals surface area (Å²) in [6.45, 7) is 1.44. The van der Waals surface area contributed by atoms with Crippen molar-refractivity contribution in [2.24, 2.45) is 17.6 Å².